The van der Waals surface area contributed by atoms with Gasteiger partial charge in [-0.15, -0.1) is 0 Å². The molecule has 0 saturated heterocycles. The van der Waals surface area contributed by atoms with Gasteiger partial charge < -0.3 is 10.4 Å². The van der Waals surface area contributed by atoms with Crippen molar-refractivity contribution in [2.75, 3.05) is 11.9 Å². The van der Waals surface area contributed by atoms with E-state index < -0.39 is 5.60 Å². The molecule has 0 spiro atoms. The van der Waals surface area contributed by atoms with Crippen LogP contribution in [0.2, 0.25) is 5.02 Å². The molecule has 90 valence electrons. The standard InChI is InChI=1S/C12H19ClN2O/c1-9(2)6-12(3,16)8-15-11-5-4-10(13)7-14-11/h4-5,7,9,16H,6,8H2,1-3H3,(H,14,15). The summed E-state index contributed by atoms with van der Waals surface area (Å²) < 4.78 is 0. The number of hydrogen-bond donors (Lipinski definition) is 2. The van der Waals surface area contributed by atoms with Crippen molar-refractivity contribution >= 4 is 17.4 Å². The Hall–Kier alpha value is -0.800. The topological polar surface area (TPSA) is 45.1 Å². The smallest absolute Gasteiger partial charge is 0.126 e. The van der Waals surface area contributed by atoms with E-state index in [1.807, 2.05) is 6.92 Å². The van der Waals surface area contributed by atoms with Crippen LogP contribution in [0.3, 0.4) is 0 Å². The number of rotatable bonds is 5. The second-order valence-electron chi connectivity index (χ2n) is 4.81. The van der Waals surface area contributed by atoms with Crippen molar-refractivity contribution in [1.82, 2.24) is 4.98 Å². The van der Waals surface area contributed by atoms with Crippen molar-refractivity contribution in [2.45, 2.75) is 32.8 Å². The lowest BCUT2D eigenvalue weighted by atomic mass is 9.94. The molecule has 0 amide bonds. The van der Waals surface area contributed by atoms with Crippen LogP contribution >= 0.6 is 11.6 Å². The third-order valence-electron chi connectivity index (χ3n) is 2.23. The number of pyridine rings is 1. The Kier molecular flexibility index (Phi) is 4.56. The predicted octanol–water partition coefficient (Wildman–Crippen LogP) is 2.94. The first kappa shape index (κ1) is 13.3. The Morgan fingerprint density at radius 2 is 2.19 bits per heavy atom. The fourth-order valence-electron chi connectivity index (χ4n) is 1.71. The highest BCUT2D eigenvalue weighted by Crippen LogP contribution is 2.17. The molecule has 1 rings (SSSR count). The highest BCUT2D eigenvalue weighted by Gasteiger charge is 2.21. The van der Waals surface area contributed by atoms with Crippen LogP contribution in [0.4, 0.5) is 5.82 Å². The van der Waals surface area contributed by atoms with E-state index in [9.17, 15) is 5.11 Å². The number of nitrogens with zero attached hydrogens (tertiary/aromatic N) is 1. The molecule has 16 heavy (non-hydrogen) atoms. The Morgan fingerprint density at radius 1 is 1.50 bits per heavy atom. The molecule has 3 nitrogen and oxygen atoms in total. The zero-order valence-electron chi connectivity index (χ0n) is 10.00. The second kappa shape index (κ2) is 5.51. The molecule has 0 bridgehead atoms. The number of hydrogen-bond acceptors (Lipinski definition) is 3. The van der Waals surface area contributed by atoms with E-state index in [1.54, 1.807) is 18.3 Å². The van der Waals surface area contributed by atoms with Crippen LogP contribution in [0.5, 0.6) is 0 Å². The maximum Gasteiger partial charge on any atom is 0.126 e. The van der Waals surface area contributed by atoms with Gasteiger partial charge in [-0.25, -0.2) is 4.98 Å². The van der Waals surface area contributed by atoms with Crippen LogP contribution in [-0.2, 0) is 0 Å². The quantitative estimate of drug-likeness (QED) is 0.835. The molecule has 2 N–H and O–H groups in total. The Morgan fingerprint density at radius 3 is 2.69 bits per heavy atom. The number of anilines is 1. The first-order valence-electron chi connectivity index (χ1n) is 5.47. The molecule has 0 aliphatic rings. The molecule has 0 saturated carbocycles. The van der Waals surface area contributed by atoms with E-state index in [0.29, 0.717) is 17.5 Å². The molecule has 0 aromatic carbocycles. The van der Waals surface area contributed by atoms with E-state index in [-0.39, 0.29) is 0 Å². The normalized spacial score (nSPS) is 14.9. The van der Waals surface area contributed by atoms with Gasteiger partial charge in [-0.3, -0.25) is 0 Å². The third kappa shape index (κ3) is 4.81. The van der Waals surface area contributed by atoms with Crippen LogP contribution in [0.25, 0.3) is 0 Å². The average molecular weight is 243 g/mol. The maximum atomic E-state index is 10.1. The second-order valence-corrected chi connectivity index (χ2v) is 5.25. The molecule has 0 aliphatic carbocycles. The number of aromatic nitrogens is 1. The van der Waals surface area contributed by atoms with Crippen molar-refractivity contribution in [1.29, 1.82) is 0 Å². The first-order chi connectivity index (χ1) is 7.39. The molecule has 1 unspecified atom stereocenters. The largest absolute Gasteiger partial charge is 0.388 e. The van der Waals surface area contributed by atoms with Crippen molar-refractivity contribution in [2.24, 2.45) is 5.92 Å². The number of nitrogens with one attached hydrogen (secondary N) is 1. The zero-order chi connectivity index (χ0) is 12.2. The molecule has 1 heterocycles. The highest BCUT2D eigenvalue weighted by atomic mass is 35.5. The van der Waals surface area contributed by atoms with E-state index in [2.05, 4.69) is 24.1 Å². The molecule has 0 radical (unpaired) electrons. The van der Waals surface area contributed by atoms with E-state index in [0.717, 1.165) is 12.2 Å². The summed E-state index contributed by atoms with van der Waals surface area (Å²) in [7, 11) is 0. The summed E-state index contributed by atoms with van der Waals surface area (Å²) in [4.78, 5) is 4.11. The lowest BCUT2D eigenvalue weighted by Gasteiger charge is -2.25. The van der Waals surface area contributed by atoms with Crippen LogP contribution in [0.15, 0.2) is 18.3 Å². The van der Waals surface area contributed by atoms with Crippen molar-refractivity contribution < 1.29 is 5.11 Å². The van der Waals surface area contributed by atoms with Crippen LogP contribution < -0.4 is 5.32 Å². The minimum atomic E-state index is -0.713. The third-order valence-corrected chi connectivity index (χ3v) is 2.45. The molecular weight excluding hydrogens is 224 g/mol. The van der Waals surface area contributed by atoms with Gasteiger partial charge in [0.1, 0.15) is 5.82 Å². The van der Waals surface area contributed by atoms with Gasteiger partial charge in [-0.05, 0) is 31.4 Å². The number of halogens is 1. The van der Waals surface area contributed by atoms with Crippen molar-refractivity contribution in [3.05, 3.63) is 23.4 Å². The maximum absolute atomic E-state index is 10.1. The summed E-state index contributed by atoms with van der Waals surface area (Å²) in [6, 6.07) is 3.57. The van der Waals surface area contributed by atoms with Gasteiger partial charge in [-0.2, -0.15) is 0 Å². The Bertz CT molecular complexity index is 322. The Labute approximate surface area is 102 Å². The van der Waals surface area contributed by atoms with Gasteiger partial charge in [0, 0.05) is 12.7 Å². The number of aliphatic hydroxyl groups is 1. The summed E-state index contributed by atoms with van der Waals surface area (Å²) in [5.41, 5.74) is -0.713. The Balaban J connectivity index is 2.47. The lowest BCUT2D eigenvalue weighted by molar-refractivity contribution is 0.0515. The molecule has 1 aromatic heterocycles. The van der Waals surface area contributed by atoms with Crippen molar-refractivity contribution in [3.63, 3.8) is 0 Å². The van der Waals surface area contributed by atoms with Gasteiger partial charge >= 0.3 is 0 Å². The fourth-order valence-corrected chi connectivity index (χ4v) is 1.82. The van der Waals surface area contributed by atoms with Crippen LogP contribution in [-0.4, -0.2) is 22.2 Å². The van der Waals surface area contributed by atoms with Gasteiger partial charge in [-0.1, -0.05) is 25.4 Å². The van der Waals surface area contributed by atoms with Gasteiger partial charge in [0.25, 0.3) is 0 Å². The van der Waals surface area contributed by atoms with Crippen LogP contribution in [0, 0.1) is 5.92 Å². The SMILES string of the molecule is CC(C)CC(C)(O)CNc1ccc(Cl)cn1. The molecule has 0 aliphatic heterocycles. The van der Waals surface area contributed by atoms with E-state index in [1.165, 1.54) is 0 Å². The van der Waals surface area contributed by atoms with Gasteiger partial charge in [0.15, 0.2) is 0 Å². The average Bonchev–Trinajstić information content (AvgIpc) is 2.15. The lowest BCUT2D eigenvalue weighted by Crippen LogP contribution is -2.35. The van der Waals surface area contributed by atoms with Crippen molar-refractivity contribution in [3.8, 4) is 0 Å². The minimum Gasteiger partial charge on any atom is -0.388 e. The highest BCUT2D eigenvalue weighted by molar-refractivity contribution is 6.30. The summed E-state index contributed by atoms with van der Waals surface area (Å²) in [6.07, 6.45) is 2.34. The fraction of sp³-hybridized carbons (Fsp3) is 0.583. The van der Waals surface area contributed by atoms with E-state index >= 15 is 0 Å². The van der Waals surface area contributed by atoms with E-state index in [4.69, 9.17) is 11.6 Å². The summed E-state index contributed by atoms with van der Waals surface area (Å²) in [5.74, 6) is 1.20. The van der Waals surface area contributed by atoms with Crippen LogP contribution in [0.1, 0.15) is 27.2 Å². The molecule has 1 atom stereocenters. The summed E-state index contributed by atoms with van der Waals surface area (Å²) in [5, 5.41) is 13.8. The first-order valence-corrected chi connectivity index (χ1v) is 5.85. The molecule has 1 aromatic rings. The summed E-state index contributed by atoms with van der Waals surface area (Å²) >= 11 is 5.73. The predicted molar refractivity (Wildman–Crippen MR) is 67.8 cm³/mol. The molecular formula is C12H19ClN2O. The zero-order valence-corrected chi connectivity index (χ0v) is 10.8. The minimum absolute atomic E-state index is 0.468. The van der Waals surface area contributed by atoms with Gasteiger partial charge in [0.2, 0.25) is 0 Å². The molecule has 0 fully saturated rings. The molecule has 4 heteroatoms. The summed E-state index contributed by atoms with van der Waals surface area (Å²) in [6.45, 7) is 6.50. The van der Waals surface area contributed by atoms with Gasteiger partial charge in [0.05, 0.1) is 10.6 Å². The monoisotopic (exact) mass is 242 g/mol.